The van der Waals surface area contributed by atoms with Crippen molar-refractivity contribution in [3.05, 3.63) is 42.2 Å². The molecule has 0 aromatic heterocycles. The Bertz CT molecular complexity index is 1060. The van der Waals surface area contributed by atoms with E-state index in [1.54, 1.807) is 12.1 Å². The van der Waals surface area contributed by atoms with Crippen LogP contribution < -0.4 is 10.6 Å². The number of nitrogens with zero attached hydrogens (tertiary/aromatic N) is 2. The monoisotopic (exact) mass is 504 g/mol. The van der Waals surface area contributed by atoms with Gasteiger partial charge in [0.05, 0.1) is 24.5 Å². The van der Waals surface area contributed by atoms with Crippen molar-refractivity contribution < 1.29 is 22.7 Å². The summed E-state index contributed by atoms with van der Waals surface area (Å²) in [4.78, 5) is 28.3. The molecule has 10 heteroatoms. The zero-order valence-corrected chi connectivity index (χ0v) is 21.5. The van der Waals surface area contributed by atoms with Crippen LogP contribution in [0, 0.1) is 12.3 Å². The van der Waals surface area contributed by atoms with Gasteiger partial charge in [-0.2, -0.15) is 0 Å². The molecule has 35 heavy (non-hydrogen) atoms. The first kappa shape index (κ1) is 25.7. The molecule has 2 aliphatic heterocycles. The normalized spacial score (nSPS) is 27.3. The Balaban J connectivity index is 1.42. The highest BCUT2D eigenvalue weighted by Crippen LogP contribution is 2.38. The maximum atomic E-state index is 13.3. The second-order valence-electron chi connectivity index (χ2n) is 10.4. The first-order valence-corrected chi connectivity index (χ1v) is 13.7. The van der Waals surface area contributed by atoms with Gasteiger partial charge in [-0.3, -0.25) is 18.8 Å². The molecule has 1 aromatic rings. The fourth-order valence-corrected chi connectivity index (χ4v) is 6.77. The molecule has 0 unspecified atom stereocenters. The van der Waals surface area contributed by atoms with Crippen LogP contribution in [-0.2, 0) is 24.3 Å². The highest BCUT2D eigenvalue weighted by Gasteiger charge is 2.41. The molecule has 4 rings (SSSR count). The number of amides is 2. The molecule has 0 radical (unpaired) electrons. The summed E-state index contributed by atoms with van der Waals surface area (Å²) >= 11 is 0. The maximum absolute atomic E-state index is 13.3. The van der Waals surface area contributed by atoms with Crippen molar-refractivity contribution in [1.82, 2.24) is 19.8 Å². The molecule has 3 atom stereocenters. The van der Waals surface area contributed by atoms with Crippen LogP contribution in [0.5, 0.6) is 0 Å². The fourth-order valence-electron chi connectivity index (χ4n) is 5.32. The van der Waals surface area contributed by atoms with Gasteiger partial charge < -0.3 is 15.4 Å². The first-order valence-electron chi connectivity index (χ1n) is 12.3. The zero-order valence-electron chi connectivity index (χ0n) is 20.7. The average molecular weight is 505 g/mol. The van der Waals surface area contributed by atoms with E-state index in [4.69, 9.17) is 4.74 Å². The molecule has 2 N–H and O–H groups in total. The topological polar surface area (TPSA) is 108 Å². The predicted octanol–water partition coefficient (Wildman–Crippen LogP) is 1.74. The van der Waals surface area contributed by atoms with Gasteiger partial charge in [-0.05, 0) is 43.7 Å². The standard InChI is InChI=1S/C25H36N4O5S/c1-18-4-7-20(8-5-18)35(32,33)29-11-10-26-24(31)21(29)16-23(30)27-22-9-6-19(17-25(22,2)3)28-12-14-34-15-13-28/h4-5,7-8,10-11,19,21-22H,6,9,12-17H2,1-3H3,(H,26,31)(H,27,30)/t19-,21+,22-/m0/s1. The van der Waals surface area contributed by atoms with Gasteiger partial charge in [0.1, 0.15) is 6.04 Å². The van der Waals surface area contributed by atoms with Crippen molar-refractivity contribution in [3.8, 4) is 0 Å². The van der Waals surface area contributed by atoms with E-state index in [1.165, 1.54) is 24.5 Å². The summed E-state index contributed by atoms with van der Waals surface area (Å²) < 4.78 is 33.0. The van der Waals surface area contributed by atoms with Gasteiger partial charge in [-0.1, -0.05) is 31.5 Å². The minimum atomic E-state index is -3.99. The highest BCUT2D eigenvalue weighted by atomic mass is 32.2. The van der Waals surface area contributed by atoms with Gasteiger partial charge >= 0.3 is 0 Å². The molecule has 9 nitrogen and oxygen atoms in total. The van der Waals surface area contributed by atoms with Gasteiger partial charge in [-0.15, -0.1) is 0 Å². The summed E-state index contributed by atoms with van der Waals surface area (Å²) in [6, 6.07) is 5.70. The Labute approximate surface area is 207 Å². The molecule has 1 aliphatic carbocycles. The lowest BCUT2D eigenvalue weighted by Gasteiger charge is -2.47. The SMILES string of the molecule is Cc1ccc(S(=O)(=O)N2C=CNC(=O)[C@H]2CC(=O)N[C@H]2CC[C@H](N3CCOCC3)CC2(C)C)cc1. The number of aryl methyl sites for hydroxylation is 1. The number of hydrogen-bond acceptors (Lipinski definition) is 6. The van der Waals surface area contributed by atoms with Crippen molar-refractivity contribution in [1.29, 1.82) is 0 Å². The number of carbonyl (C=O) groups excluding carboxylic acids is 2. The highest BCUT2D eigenvalue weighted by molar-refractivity contribution is 7.89. The molecule has 0 bridgehead atoms. The number of hydrogen-bond donors (Lipinski definition) is 2. The van der Waals surface area contributed by atoms with Gasteiger partial charge in [0.2, 0.25) is 11.8 Å². The van der Waals surface area contributed by atoms with E-state index in [-0.39, 0.29) is 28.7 Å². The number of rotatable bonds is 6. The van der Waals surface area contributed by atoms with E-state index in [2.05, 4.69) is 29.4 Å². The second-order valence-corrected chi connectivity index (χ2v) is 12.2. The molecular weight excluding hydrogens is 468 g/mol. The summed E-state index contributed by atoms with van der Waals surface area (Å²) in [6.07, 6.45) is 5.13. The van der Waals surface area contributed by atoms with Gasteiger partial charge in [-0.25, -0.2) is 8.42 Å². The molecule has 2 fully saturated rings. The molecule has 1 saturated carbocycles. The number of carbonyl (C=O) groups is 2. The van der Waals surface area contributed by atoms with Crippen LogP contribution in [0.1, 0.15) is 45.1 Å². The van der Waals surface area contributed by atoms with Crippen LogP contribution in [0.4, 0.5) is 0 Å². The van der Waals surface area contributed by atoms with Gasteiger partial charge in [0, 0.05) is 37.6 Å². The molecule has 192 valence electrons. The van der Waals surface area contributed by atoms with Crippen molar-refractivity contribution in [2.75, 3.05) is 26.3 Å². The zero-order chi connectivity index (χ0) is 25.2. The quantitative estimate of drug-likeness (QED) is 0.611. The Hall–Kier alpha value is -2.43. The minimum absolute atomic E-state index is 0.0448. The molecule has 0 spiro atoms. The lowest BCUT2D eigenvalue weighted by Crippen LogP contribution is -2.56. The number of benzene rings is 1. The largest absolute Gasteiger partial charge is 0.379 e. The number of morpholine rings is 1. The van der Waals surface area contributed by atoms with E-state index in [0.29, 0.717) is 6.04 Å². The van der Waals surface area contributed by atoms with Crippen molar-refractivity contribution >= 4 is 21.8 Å². The van der Waals surface area contributed by atoms with Gasteiger partial charge in [0.15, 0.2) is 0 Å². The van der Waals surface area contributed by atoms with E-state index < -0.39 is 22.0 Å². The predicted molar refractivity (Wildman–Crippen MR) is 132 cm³/mol. The lowest BCUT2D eigenvalue weighted by atomic mass is 9.70. The van der Waals surface area contributed by atoms with Crippen LogP contribution >= 0.6 is 0 Å². The van der Waals surface area contributed by atoms with Crippen molar-refractivity contribution in [2.45, 2.75) is 69.5 Å². The van der Waals surface area contributed by atoms with Crippen LogP contribution in [0.2, 0.25) is 0 Å². The van der Waals surface area contributed by atoms with E-state index in [0.717, 1.165) is 55.4 Å². The summed E-state index contributed by atoms with van der Waals surface area (Å²) in [6.45, 7) is 9.59. The third-order valence-corrected chi connectivity index (χ3v) is 9.22. The van der Waals surface area contributed by atoms with E-state index >= 15 is 0 Å². The summed E-state index contributed by atoms with van der Waals surface area (Å²) in [5.41, 5.74) is 0.803. The van der Waals surface area contributed by atoms with E-state index in [1.807, 2.05) is 6.92 Å². The first-order chi connectivity index (χ1) is 16.6. The van der Waals surface area contributed by atoms with Crippen LogP contribution in [0.15, 0.2) is 41.6 Å². The van der Waals surface area contributed by atoms with Crippen molar-refractivity contribution in [2.24, 2.45) is 5.41 Å². The minimum Gasteiger partial charge on any atom is -0.379 e. The van der Waals surface area contributed by atoms with Crippen LogP contribution in [-0.4, -0.2) is 73.9 Å². The molecular formula is C25H36N4O5S. The second kappa shape index (κ2) is 10.3. The summed E-state index contributed by atoms with van der Waals surface area (Å²) in [7, 11) is -3.99. The maximum Gasteiger partial charge on any atom is 0.264 e. The Morgan fingerprint density at radius 1 is 1.17 bits per heavy atom. The fraction of sp³-hybridized carbons (Fsp3) is 0.600. The third-order valence-electron chi connectivity index (χ3n) is 7.42. The Morgan fingerprint density at radius 3 is 2.51 bits per heavy atom. The molecule has 1 saturated heterocycles. The van der Waals surface area contributed by atoms with Crippen LogP contribution in [0.3, 0.4) is 0 Å². The Kier molecular flexibility index (Phi) is 7.54. The Morgan fingerprint density at radius 2 is 1.86 bits per heavy atom. The van der Waals surface area contributed by atoms with E-state index in [9.17, 15) is 18.0 Å². The number of ether oxygens (including phenoxy) is 1. The molecule has 1 aromatic carbocycles. The van der Waals surface area contributed by atoms with Gasteiger partial charge in [0.25, 0.3) is 10.0 Å². The van der Waals surface area contributed by atoms with Crippen molar-refractivity contribution in [3.63, 3.8) is 0 Å². The average Bonchev–Trinajstić information content (AvgIpc) is 2.82. The van der Waals surface area contributed by atoms with Crippen LogP contribution in [0.25, 0.3) is 0 Å². The third kappa shape index (κ3) is 5.70. The number of sulfonamides is 1. The number of nitrogens with one attached hydrogen (secondary N) is 2. The molecule has 2 amide bonds. The molecule has 2 heterocycles. The summed E-state index contributed by atoms with van der Waals surface area (Å²) in [5.74, 6) is -0.846. The molecule has 3 aliphatic rings. The summed E-state index contributed by atoms with van der Waals surface area (Å²) in [5, 5.41) is 5.65. The smallest absolute Gasteiger partial charge is 0.264 e. The lowest BCUT2D eigenvalue weighted by molar-refractivity contribution is -0.130.